The molecule has 0 aliphatic rings. The summed E-state index contributed by atoms with van der Waals surface area (Å²) in [6.45, 7) is 2.92. The number of hydrogen-bond acceptors (Lipinski definition) is 2. The molecule has 0 aliphatic heterocycles. The summed E-state index contributed by atoms with van der Waals surface area (Å²) in [5, 5.41) is 4.19. The lowest BCUT2D eigenvalue weighted by Gasteiger charge is -2.15. The zero-order chi connectivity index (χ0) is 8.81. The summed E-state index contributed by atoms with van der Waals surface area (Å²) in [4.78, 5) is 0. The highest BCUT2D eigenvalue weighted by Gasteiger charge is 2.08. The summed E-state index contributed by atoms with van der Waals surface area (Å²) in [6.07, 6.45) is 6.07. The molecule has 12 heavy (non-hydrogen) atoms. The summed E-state index contributed by atoms with van der Waals surface area (Å²) in [5.41, 5.74) is 0. The van der Waals surface area contributed by atoms with E-state index < -0.39 is 0 Å². The molecule has 0 fully saturated rings. The molecular formula is C9H16N2O. The van der Waals surface area contributed by atoms with Gasteiger partial charge >= 0.3 is 0 Å². The minimum Gasteiger partial charge on any atom is -0.382 e. The summed E-state index contributed by atoms with van der Waals surface area (Å²) in [5.74, 6) is 0. The highest BCUT2D eigenvalue weighted by molar-refractivity contribution is 4.81. The SMILES string of the molecule is CCC[C@H](COC)n1cccn1. The summed E-state index contributed by atoms with van der Waals surface area (Å²) < 4.78 is 7.08. The van der Waals surface area contributed by atoms with Gasteiger partial charge in [-0.1, -0.05) is 13.3 Å². The van der Waals surface area contributed by atoms with Gasteiger partial charge in [0, 0.05) is 19.5 Å². The first kappa shape index (κ1) is 9.26. The predicted octanol–water partition coefficient (Wildman–Crippen LogP) is 1.87. The van der Waals surface area contributed by atoms with Crippen LogP contribution in [0.5, 0.6) is 0 Å². The fourth-order valence-corrected chi connectivity index (χ4v) is 1.31. The van der Waals surface area contributed by atoms with Crippen molar-refractivity contribution in [1.82, 2.24) is 9.78 Å². The molecule has 0 aliphatic carbocycles. The molecule has 0 spiro atoms. The first-order chi connectivity index (χ1) is 5.88. The maximum Gasteiger partial charge on any atom is 0.0752 e. The Balaban J connectivity index is 2.53. The number of methoxy groups -OCH3 is 1. The van der Waals surface area contributed by atoms with Gasteiger partial charge in [0.25, 0.3) is 0 Å². The molecule has 1 rings (SSSR count). The number of rotatable bonds is 5. The van der Waals surface area contributed by atoms with E-state index in [1.807, 2.05) is 16.9 Å². The first-order valence-corrected chi connectivity index (χ1v) is 4.36. The van der Waals surface area contributed by atoms with Crippen LogP contribution in [0.25, 0.3) is 0 Å². The van der Waals surface area contributed by atoms with E-state index in [9.17, 15) is 0 Å². The molecule has 0 bridgehead atoms. The second kappa shape index (κ2) is 4.93. The van der Waals surface area contributed by atoms with Crippen molar-refractivity contribution < 1.29 is 4.74 Å². The van der Waals surface area contributed by atoms with E-state index in [0.29, 0.717) is 6.04 Å². The quantitative estimate of drug-likeness (QED) is 0.671. The van der Waals surface area contributed by atoms with Gasteiger partial charge in [-0.2, -0.15) is 5.10 Å². The van der Waals surface area contributed by atoms with E-state index >= 15 is 0 Å². The molecule has 0 N–H and O–H groups in total. The fourth-order valence-electron chi connectivity index (χ4n) is 1.31. The Morgan fingerprint density at radius 1 is 1.58 bits per heavy atom. The van der Waals surface area contributed by atoms with Gasteiger partial charge in [-0.05, 0) is 12.5 Å². The lowest BCUT2D eigenvalue weighted by Crippen LogP contribution is -2.14. The van der Waals surface area contributed by atoms with Gasteiger partial charge in [-0.3, -0.25) is 4.68 Å². The van der Waals surface area contributed by atoms with Gasteiger partial charge in [0.1, 0.15) is 0 Å². The number of hydrogen-bond donors (Lipinski definition) is 0. The van der Waals surface area contributed by atoms with Crippen molar-refractivity contribution in [3.05, 3.63) is 18.5 Å². The minimum absolute atomic E-state index is 0.398. The van der Waals surface area contributed by atoms with Gasteiger partial charge in [-0.15, -0.1) is 0 Å². The van der Waals surface area contributed by atoms with Crippen LogP contribution in [0.2, 0.25) is 0 Å². The molecule has 0 aromatic carbocycles. The molecule has 0 unspecified atom stereocenters. The number of nitrogens with zero attached hydrogens (tertiary/aromatic N) is 2. The van der Waals surface area contributed by atoms with E-state index in [2.05, 4.69) is 12.0 Å². The Morgan fingerprint density at radius 2 is 2.42 bits per heavy atom. The van der Waals surface area contributed by atoms with E-state index in [0.717, 1.165) is 19.4 Å². The van der Waals surface area contributed by atoms with Gasteiger partial charge in [0.2, 0.25) is 0 Å². The first-order valence-electron chi connectivity index (χ1n) is 4.36. The summed E-state index contributed by atoms with van der Waals surface area (Å²) in [6, 6.07) is 2.34. The van der Waals surface area contributed by atoms with Gasteiger partial charge in [0.05, 0.1) is 12.6 Å². The van der Waals surface area contributed by atoms with Crippen molar-refractivity contribution in [1.29, 1.82) is 0 Å². The standard InChI is InChI=1S/C9H16N2O/c1-3-5-9(8-12-2)11-7-4-6-10-11/h4,6-7,9H,3,5,8H2,1-2H3/t9-/m1/s1. The van der Waals surface area contributed by atoms with Crippen LogP contribution >= 0.6 is 0 Å². The van der Waals surface area contributed by atoms with Crippen molar-refractivity contribution >= 4 is 0 Å². The summed E-state index contributed by atoms with van der Waals surface area (Å²) >= 11 is 0. The third-order valence-electron chi connectivity index (χ3n) is 1.88. The van der Waals surface area contributed by atoms with Crippen LogP contribution in [-0.4, -0.2) is 23.5 Å². The second-order valence-corrected chi connectivity index (χ2v) is 2.88. The minimum atomic E-state index is 0.398. The molecule has 0 saturated carbocycles. The fraction of sp³-hybridized carbons (Fsp3) is 0.667. The third-order valence-corrected chi connectivity index (χ3v) is 1.88. The van der Waals surface area contributed by atoms with Gasteiger partial charge in [0.15, 0.2) is 0 Å². The normalized spacial score (nSPS) is 13.2. The van der Waals surface area contributed by atoms with Gasteiger partial charge in [-0.25, -0.2) is 0 Å². The molecule has 3 heteroatoms. The lowest BCUT2D eigenvalue weighted by atomic mass is 10.2. The monoisotopic (exact) mass is 168 g/mol. The molecule has 68 valence electrons. The van der Waals surface area contributed by atoms with Crippen molar-refractivity contribution in [2.24, 2.45) is 0 Å². The van der Waals surface area contributed by atoms with Crippen LogP contribution in [0.15, 0.2) is 18.5 Å². The van der Waals surface area contributed by atoms with Crippen molar-refractivity contribution in [3.63, 3.8) is 0 Å². The Morgan fingerprint density at radius 3 is 2.92 bits per heavy atom. The van der Waals surface area contributed by atoms with Crippen molar-refractivity contribution in [3.8, 4) is 0 Å². The molecule has 0 radical (unpaired) electrons. The molecular weight excluding hydrogens is 152 g/mol. The Hall–Kier alpha value is -0.830. The van der Waals surface area contributed by atoms with E-state index in [4.69, 9.17) is 4.74 Å². The second-order valence-electron chi connectivity index (χ2n) is 2.88. The van der Waals surface area contributed by atoms with Crippen LogP contribution in [-0.2, 0) is 4.74 Å². The molecule has 0 amide bonds. The summed E-state index contributed by atoms with van der Waals surface area (Å²) in [7, 11) is 1.73. The molecule has 0 saturated heterocycles. The van der Waals surface area contributed by atoms with E-state index in [-0.39, 0.29) is 0 Å². The highest BCUT2D eigenvalue weighted by Crippen LogP contribution is 2.11. The maximum absolute atomic E-state index is 5.12. The third kappa shape index (κ3) is 2.34. The highest BCUT2D eigenvalue weighted by atomic mass is 16.5. The van der Waals surface area contributed by atoms with Gasteiger partial charge < -0.3 is 4.74 Å². The predicted molar refractivity (Wildman–Crippen MR) is 48.0 cm³/mol. The van der Waals surface area contributed by atoms with E-state index in [1.165, 1.54) is 0 Å². The molecule has 1 atom stereocenters. The zero-order valence-corrected chi connectivity index (χ0v) is 7.73. The Labute approximate surface area is 73.3 Å². The van der Waals surface area contributed by atoms with Crippen LogP contribution in [0, 0.1) is 0 Å². The molecule has 1 heterocycles. The van der Waals surface area contributed by atoms with Crippen LogP contribution in [0.4, 0.5) is 0 Å². The molecule has 1 aromatic rings. The number of ether oxygens (including phenoxy) is 1. The average Bonchev–Trinajstić information content (AvgIpc) is 2.56. The smallest absolute Gasteiger partial charge is 0.0752 e. The van der Waals surface area contributed by atoms with Crippen LogP contribution in [0.1, 0.15) is 25.8 Å². The number of aromatic nitrogens is 2. The van der Waals surface area contributed by atoms with Crippen molar-refractivity contribution in [2.75, 3.05) is 13.7 Å². The zero-order valence-electron chi connectivity index (χ0n) is 7.73. The van der Waals surface area contributed by atoms with Crippen molar-refractivity contribution in [2.45, 2.75) is 25.8 Å². The molecule has 1 aromatic heterocycles. The lowest BCUT2D eigenvalue weighted by molar-refractivity contribution is 0.144. The van der Waals surface area contributed by atoms with Crippen LogP contribution < -0.4 is 0 Å². The Bertz CT molecular complexity index is 190. The van der Waals surface area contributed by atoms with E-state index in [1.54, 1.807) is 13.3 Å². The average molecular weight is 168 g/mol. The molecule has 3 nitrogen and oxygen atoms in total. The maximum atomic E-state index is 5.12. The van der Waals surface area contributed by atoms with Crippen LogP contribution in [0.3, 0.4) is 0 Å². The topological polar surface area (TPSA) is 27.1 Å². The Kier molecular flexibility index (Phi) is 3.80. The largest absolute Gasteiger partial charge is 0.382 e.